The summed E-state index contributed by atoms with van der Waals surface area (Å²) in [6.45, 7) is -0.236. The number of ether oxygens (including phenoxy) is 1. The topological polar surface area (TPSA) is 72.3 Å². The zero-order valence-electron chi connectivity index (χ0n) is 13.3. The molecule has 0 saturated heterocycles. The zero-order valence-corrected chi connectivity index (χ0v) is 13.3. The number of rotatable bonds is 3. The Kier molecular flexibility index (Phi) is 4.34. The highest BCUT2D eigenvalue weighted by atomic mass is 19.4. The first kappa shape index (κ1) is 18.0. The Labute approximate surface area is 148 Å². The van der Waals surface area contributed by atoms with Crippen LogP contribution in [0.3, 0.4) is 0 Å². The Bertz CT molecular complexity index is 1180. The minimum atomic E-state index is -4.82. The van der Waals surface area contributed by atoms with Crippen LogP contribution in [-0.4, -0.2) is 20.6 Å². The van der Waals surface area contributed by atoms with Gasteiger partial charge in [-0.05, 0) is 6.07 Å². The Morgan fingerprint density at radius 1 is 1.30 bits per heavy atom. The van der Waals surface area contributed by atoms with Gasteiger partial charge in [-0.1, -0.05) is 5.92 Å². The monoisotopic (exact) mass is 376 g/mol. The maximum Gasteiger partial charge on any atom is 0.432 e. The van der Waals surface area contributed by atoms with Gasteiger partial charge < -0.3 is 4.74 Å². The SMILES string of the molecule is C#CCOc1cc(-n2c(=O)cc(C(F)(F)F)n3ccnc23)c(F)cc1C#N. The molecule has 0 spiro atoms. The van der Waals surface area contributed by atoms with Gasteiger partial charge in [-0.15, -0.1) is 6.42 Å². The fourth-order valence-electron chi connectivity index (χ4n) is 2.48. The van der Waals surface area contributed by atoms with Crippen molar-refractivity contribution in [2.45, 2.75) is 6.18 Å². The van der Waals surface area contributed by atoms with E-state index in [1.54, 1.807) is 6.07 Å². The normalized spacial score (nSPS) is 11.2. The number of terminal acetylenes is 1. The van der Waals surface area contributed by atoms with Crippen molar-refractivity contribution in [1.29, 1.82) is 5.26 Å². The van der Waals surface area contributed by atoms with E-state index in [1.807, 2.05) is 0 Å². The lowest BCUT2D eigenvalue weighted by atomic mass is 10.2. The number of halogens is 4. The second-order valence-corrected chi connectivity index (χ2v) is 5.20. The lowest BCUT2D eigenvalue weighted by Gasteiger charge is -2.15. The van der Waals surface area contributed by atoms with Crippen molar-refractivity contribution >= 4 is 5.78 Å². The quantitative estimate of drug-likeness (QED) is 0.520. The molecule has 6 nitrogen and oxygen atoms in total. The average Bonchev–Trinajstić information content (AvgIpc) is 3.08. The van der Waals surface area contributed by atoms with Gasteiger partial charge in [0.25, 0.3) is 5.56 Å². The van der Waals surface area contributed by atoms with Crippen LogP contribution in [0.1, 0.15) is 11.3 Å². The number of aromatic nitrogens is 3. The first-order valence-electron chi connectivity index (χ1n) is 7.24. The smallest absolute Gasteiger partial charge is 0.432 e. The number of imidazole rings is 1. The summed E-state index contributed by atoms with van der Waals surface area (Å²) < 4.78 is 60.4. The van der Waals surface area contributed by atoms with E-state index >= 15 is 0 Å². The molecule has 2 heterocycles. The fourth-order valence-corrected chi connectivity index (χ4v) is 2.48. The van der Waals surface area contributed by atoms with E-state index in [0.717, 1.165) is 24.5 Å². The van der Waals surface area contributed by atoms with E-state index in [2.05, 4.69) is 10.9 Å². The van der Waals surface area contributed by atoms with Crippen LogP contribution in [0.2, 0.25) is 0 Å². The summed E-state index contributed by atoms with van der Waals surface area (Å²) in [5.41, 5.74) is -3.04. The third-order valence-corrected chi connectivity index (χ3v) is 3.57. The van der Waals surface area contributed by atoms with Crippen LogP contribution in [0, 0.1) is 29.5 Å². The van der Waals surface area contributed by atoms with Crippen LogP contribution in [-0.2, 0) is 6.18 Å². The number of hydrogen-bond acceptors (Lipinski definition) is 4. The van der Waals surface area contributed by atoms with Gasteiger partial charge in [-0.25, -0.2) is 13.9 Å². The molecule has 0 unspecified atom stereocenters. The predicted octanol–water partition coefficient (Wildman–Crippen LogP) is 2.53. The highest BCUT2D eigenvalue weighted by molar-refractivity contribution is 5.54. The highest BCUT2D eigenvalue weighted by Gasteiger charge is 2.35. The van der Waals surface area contributed by atoms with Crippen LogP contribution < -0.4 is 10.3 Å². The van der Waals surface area contributed by atoms with E-state index < -0.39 is 34.7 Å². The molecule has 0 aliphatic carbocycles. The van der Waals surface area contributed by atoms with Crippen LogP contribution in [0.5, 0.6) is 5.75 Å². The predicted molar refractivity (Wildman–Crippen MR) is 84.8 cm³/mol. The van der Waals surface area contributed by atoms with Crippen LogP contribution in [0.15, 0.2) is 35.4 Å². The van der Waals surface area contributed by atoms with Crippen molar-refractivity contribution < 1.29 is 22.3 Å². The maximum absolute atomic E-state index is 14.5. The lowest BCUT2D eigenvalue weighted by molar-refractivity contribution is -0.142. The van der Waals surface area contributed by atoms with E-state index in [9.17, 15) is 22.4 Å². The molecule has 136 valence electrons. The molecule has 0 bridgehead atoms. The Morgan fingerprint density at radius 2 is 2.04 bits per heavy atom. The molecule has 3 rings (SSSR count). The summed E-state index contributed by atoms with van der Waals surface area (Å²) in [4.78, 5) is 16.1. The standard InChI is InChI=1S/C17H8F4N4O2/c1-2-5-27-13-7-12(11(18)6-10(13)9-22)25-15(26)8-14(17(19,20)21)24-4-3-23-16(24)25/h1,3-4,6-8H,5H2. The molecule has 0 amide bonds. The molecule has 27 heavy (non-hydrogen) atoms. The van der Waals surface area contributed by atoms with Crippen molar-refractivity contribution in [1.82, 2.24) is 14.0 Å². The minimum absolute atomic E-state index is 0.122. The number of nitriles is 1. The van der Waals surface area contributed by atoms with Gasteiger partial charge >= 0.3 is 6.18 Å². The minimum Gasteiger partial charge on any atom is -0.479 e. The summed E-state index contributed by atoms with van der Waals surface area (Å²) >= 11 is 0. The van der Waals surface area contributed by atoms with Gasteiger partial charge in [0.15, 0.2) is 0 Å². The molecule has 0 saturated carbocycles. The van der Waals surface area contributed by atoms with Crippen LogP contribution in [0.4, 0.5) is 17.6 Å². The first-order valence-corrected chi connectivity index (χ1v) is 7.24. The maximum atomic E-state index is 14.5. The molecule has 0 N–H and O–H groups in total. The van der Waals surface area contributed by atoms with Gasteiger partial charge in [0.1, 0.15) is 29.9 Å². The number of fused-ring (bicyclic) bond motifs is 1. The summed E-state index contributed by atoms with van der Waals surface area (Å²) in [7, 11) is 0. The Balaban J connectivity index is 2.33. The molecule has 1 aromatic carbocycles. The van der Waals surface area contributed by atoms with Gasteiger partial charge in [0, 0.05) is 24.5 Å². The van der Waals surface area contributed by atoms with Crippen molar-refractivity contribution in [3.8, 4) is 29.8 Å². The fraction of sp³-hybridized carbons (Fsp3) is 0.118. The molecule has 0 aliphatic heterocycles. The molecule has 0 aliphatic rings. The summed E-state index contributed by atoms with van der Waals surface area (Å²) in [5.74, 6) is 0.566. The van der Waals surface area contributed by atoms with Crippen molar-refractivity contribution in [2.24, 2.45) is 0 Å². The number of alkyl halides is 3. The van der Waals surface area contributed by atoms with E-state index in [-0.39, 0.29) is 17.9 Å². The van der Waals surface area contributed by atoms with E-state index in [0.29, 0.717) is 15.0 Å². The molecule has 0 fully saturated rings. The van der Waals surface area contributed by atoms with E-state index in [4.69, 9.17) is 16.4 Å². The van der Waals surface area contributed by atoms with Gasteiger partial charge in [0.05, 0.1) is 11.3 Å². The highest BCUT2D eigenvalue weighted by Crippen LogP contribution is 2.30. The van der Waals surface area contributed by atoms with Gasteiger partial charge in [0.2, 0.25) is 5.78 Å². The lowest BCUT2D eigenvalue weighted by Crippen LogP contribution is -2.26. The second kappa shape index (κ2) is 6.50. The van der Waals surface area contributed by atoms with Crippen LogP contribution >= 0.6 is 0 Å². The summed E-state index contributed by atoms with van der Waals surface area (Å²) in [5, 5.41) is 9.06. The van der Waals surface area contributed by atoms with Crippen molar-refractivity contribution in [3.05, 3.63) is 58.0 Å². The Hall–Kier alpha value is -3.79. The molecular formula is C17H8F4N4O2. The third-order valence-electron chi connectivity index (χ3n) is 3.57. The third kappa shape index (κ3) is 3.09. The summed E-state index contributed by atoms with van der Waals surface area (Å²) in [6.07, 6.45) is 2.29. The molecule has 0 radical (unpaired) electrons. The summed E-state index contributed by atoms with van der Waals surface area (Å²) in [6, 6.07) is 3.84. The molecular weight excluding hydrogens is 368 g/mol. The average molecular weight is 376 g/mol. The molecule has 10 heteroatoms. The largest absolute Gasteiger partial charge is 0.479 e. The molecule has 0 atom stereocenters. The Morgan fingerprint density at radius 3 is 2.67 bits per heavy atom. The second-order valence-electron chi connectivity index (χ2n) is 5.20. The number of nitrogens with zero attached hydrogens (tertiary/aromatic N) is 4. The van der Waals surface area contributed by atoms with Crippen molar-refractivity contribution in [3.63, 3.8) is 0 Å². The zero-order chi connectivity index (χ0) is 19.8. The number of hydrogen-bond donors (Lipinski definition) is 0. The molecule has 2 aromatic heterocycles. The number of benzene rings is 1. The van der Waals surface area contributed by atoms with Gasteiger partial charge in [-0.3, -0.25) is 9.20 Å². The van der Waals surface area contributed by atoms with Crippen LogP contribution in [0.25, 0.3) is 11.5 Å². The molecule has 3 aromatic rings. The van der Waals surface area contributed by atoms with Gasteiger partial charge in [-0.2, -0.15) is 18.4 Å². The van der Waals surface area contributed by atoms with E-state index in [1.165, 1.54) is 0 Å². The first-order chi connectivity index (χ1) is 12.8. The van der Waals surface area contributed by atoms with Crippen molar-refractivity contribution in [2.75, 3.05) is 6.61 Å².